The SMILES string of the molecule is CC(=N)SC(C)O. The molecule has 0 saturated carbocycles. The smallest absolute Gasteiger partial charge is 0.102 e. The minimum absolute atomic E-state index is 0.433. The van der Waals surface area contributed by atoms with E-state index in [-0.39, 0.29) is 0 Å². The highest BCUT2D eigenvalue weighted by Gasteiger charge is 1.93. The van der Waals surface area contributed by atoms with Crippen LogP contribution in [0.1, 0.15) is 13.8 Å². The average molecular weight is 119 g/mol. The van der Waals surface area contributed by atoms with Crippen LogP contribution in [0.2, 0.25) is 0 Å². The molecule has 1 unspecified atom stereocenters. The van der Waals surface area contributed by atoms with Gasteiger partial charge in [0.05, 0.1) is 5.04 Å². The first kappa shape index (κ1) is 6.98. The van der Waals surface area contributed by atoms with E-state index >= 15 is 0 Å². The van der Waals surface area contributed by atoms with Gasteiger partial charge < -0.3 is 5.11 Å². The first-order chi connectivity index (χ1) is 3.13. The highest BCUT2D eigenvalue weighted by molar-refractivity contribution is 8.14. The lowest BCUT2D eigenvalue weighted by Crippen LogP contribution is -1.94. The molecule has 0 heterocycles. The van der Waals surface area contributed by atoms with Gasteiger partial charge in [0.15, 0.2) is 0 Å². The summed E-state index contributed by atoms with van der Waals surface area (Å²) in [5.41, 5.74) is -0.433. The average Bonchev–Trinajstić information content (AvgIpc) is 1.27. The van der Waals surface area contributed by atoms with Crippen LogP contribution in [0.3, 0.4) is 0 Å². The first-order valence-electron chi connectivity index (χ1n) is 2.03. The molecule has 0 aromatic carbocycles. The predicted octanol–water partition coefficient (Wildman–Crippen LogP) is 1.06. The molecule has 0 spiro atoms. The summed E-state index contributed by atoms with van der Waals surface area (Å²) in [4.78, 5) is 0. The molecule has 0 bridgehead atoms. The van der Waals surface area contributed by atoms with Crippen molar-refractivity contribution < 1.29 is 5.11 Å². The van der Waals surface area contributed by atoms with Crippen molar-refractivity contribution in [1.29, 1.82) is 5.41 Å². The van der Waals surface area contributed by atoms with Gasteiger partial charge in [0, 0.05) is 0 Å². The summed E-state index contributed by atoms with van der Waals surface area (Å²) in [5, 5.41) is 15.8. The van der Waals surface area contributed by atoms with Crippen molar-refractivity contribution >= 4 is 16.8 Å². The fraction of sp³-hybridized carbons (Fsp3) is 0.750. The van der Waals surface area contributed by atoms with Crippen molar-refractivity contribution in [2.24, 2.45) is 0 Å². The van der Waals surface area contributed by atoms with Gasteiger partial charge in [-0.2, -0.15) is 0 Å². The van der Waals surface area contributed by atoms with E-state index in [0.29, 0.717) is 5.04 Å². The van der Waals surface area contributed by atoms with Gasteiger partial charge in [-0.05, 0) is 13.8 Å². The maximum Gasteiger partial charge on any atom is 0.102 e. The van der Waals surface area contributed by atoms with Crippen LogP contribution in [0.25, 0.3) is 0 Å². The molecule has 0 amide bonds. The van der Waals surface area contributed by atoms with Crippen molar-refractivity contribution in [2.45, 2.75) is 19.3 Å². The molecule has 0 rings (SSSR count). The molecule has 3 heteroatoms. The van der Waals surface area contributed by atoms with Crippen LogP contribution in [-0.4, -0.2) is 15.6 Å². The van der Waals surface area contributed by atoms with Gasteiger partial charge in [-0.25, -0.2) is 0 Å². The number of aliphatic hydroxyl groups excluding tert-OH is 1. The van der Waals surface area contributed by atoms with Crippen LogP contribution in [0.5, 0.6) is 0 Å². The molecule has 0 aliphatic heterocycles. The van der Waals surface area contributed by atoms with Crippen LogP contribution >= 0.6 is 11.8 Å². The third-order valence-electron chi connectivity index (χ3n) is 0.347. The summed E-state index contributed by atoms with van der Waals surface area (Å²) in [6.07, 6.45) is 0. The lowest BCUT2D eigenvalue weighted by molar-refractivity contribution is 0.285. The third kappa shape index (κ3) is 5.98. The van der Waals surface area contributed by atoms with Gasteiger partial charge in [0.25, 0.3) is 0 Å². The number of rotatable bonds is 1. The van der Waals surface area contributed by atoms with Crippen molar-refractivity contribution in [3.05, 3.63) is 0 Å². The largest absolute Gasteiger partial charge is 0.382 e. The molecule has 0 fully saturated rings. The van der Waals surface area contributed by atoms with Crippen molar-refractivity contribution in [3.8, 4) is 0 Å². The van der Waals surface area contributed by atoms with E-state index in [2.05, 4.69) is 0 Å². The lowest BCUT2D eigenvalue weighted by atomic mass is 10.9. The predicted molar refractivity (Wildman–Crippen MR) is 32.7 cm³/mol. The van der Waals surface area contributed by atoms with E-state index in [0.717, 1.165) is 11.8 Å². The zero-order chi connectivity index (χ0) is 5.86. The van der Waals surface area contributed by atoms with E-state index in [9.17, 15) is 0 Å². The van der Waals surface area contributed by atoms with E-state index in [4.69, 9.17) is 10.5 Å². The minimum atomic E-state index is -0.433. The molecule has 42 valence electrons. The second-order valence-electron chi connectivity index (χ2n) is 1.27. The van der Waals surface area contributed by atoms with Gasteiger partial charge >= 0.3 is 0 Å². The number of thioether (sulfide) groups is 1. The minimum Gasteiger partial charge on any atom is -0.382 e. The molecular formula is C4H9NOS. The summed E-state index contributed by atoms with van der Waals surface area (Å²) in [6.45, 7) is 3.29. The Labute approximate surface area is 47.4 Å². The molecule has 0 radical (unpaired) electrons. The first-order valence-corrected chi connectivity index (χ1v) is 2.91. The number of aliphatic hydroxyl groups is 1. The number of nitrogens with one attached hydrogen (secondary N) is 1. The molecule has 7 heavy (non-hydrogen) atoms. The Morgan fingerprint density at radius 3 is 2.29 bits per heavy atom. The number of hydrogen-bond donors (Lipinski definition) is 2. The molecule has 0 aliphatic rings. The normalized spacial score (nSPS) is 13.6. The summed E-state index contributed by atoms with van der Waals surface area (Å²) in [6, 6.07) is 0. The quantitative estimate of drug-likeness (QED) is 0.308. The van der Waals surface area contributed by atoms with Crippen LogP contribution in [0, 0.1) is 5.41 Å². The van der Waals surface area contributed by atoms with E-state index < -0.39 is 5.44 Å². The van der Waals surface area contributed by atoms with Gasteiger partial charge in [-0.3, -0.25) is 5.41 Å². The lowest BCUT2D eigenvalue weighted by Gasteiger charge is -1.97. The monoisotopic (exact) mass is 119 g/mol. The second-order valence-corrected chi connectivity index (χ2v) is 2.80. The molecule has 2 nitrogen and oxygen atoms in total. The maximum absolute atomic E-state index is 8.54. The van der Waals surface area contributed by atoms with Crippen LogP contribution < -0.4 is 0 Å². The van der Waals surface area contributed by atoms with Crippen LogP contribution in [0.15, 0.2) is 0 Å². The highest BCUT2D eigenvalue weighted by atomic mass is 32.2. The van der Waals surface area contributed by atoms with Crippen LogP contribution in [-0.2, 0) is 0 Å². The summed E-state index contributed by atoms with van der Waals surface area (Å²) in [5.74, 6) is 0. The van der Waals surface area contributed by atoms with Crippen molar-refractivity contribution in [1.82, 2.24) is 0 Å². The Bertz CT molecular complexity index is 72.1. The standard InChI is InChI=1S/C4H9NOS/c1-3(5)7-4(2)6/h4-6H,1-2H3. The third-order valence-corrected chi connectivity index (χ3v) is 1.04. The summed E-state index contributed by atoms with van der Waals surface area (Å²) >= 11 is 1.15. The van der Waals surface area contributed by atoms with Crippen molar-refractivity contribution in [3.63, 3.8) is 0 Å². The Morgan fingerprint density at radius 2 is 2.29 bits per heavy atom. The molecule has 2 N–H and O–H groups in total. The maximum atomic E-state index is 8.54. The Hall–Kier alpha value is -0.0200. The fourth-order valence-corrected chi connectivity index (χ4v) is 0.768. The topological polar surface area (TPSA) is 44.1 Å². The van der Waals surface area contributed by atoms with Gasteiger partial charge in [-0.1, -0.05) is 11.8 Å². The molecule has 0 aromatic rings. The van der Waals surface area contributed by atoms with E-state index in [1.165, 1.54) is 0 Å². The number of hydrogen-bond acceptors (Lipinski definition) is 3. The Kier molecular flexibility index (Phi) is 3.04. The zero-order valence-corrected chi connectivity index (χ0v) is 5.25. The van der Waals surface area contributed by atoms with Crippen LogP contribution in [0.4, 0.5) is 0 Å². The molecule has 1 atom stereocenters. The fourth-order valence-electron chi connectivity index (χ4n) is 0.256. The molecular weight excluding hydrogens is 110 g/mol. The van der Waals surface area contributed by atoms with E-state index in [1.807, 2.05) is 0 Å². The summed E-state index contributed by atoms with van der Waals surface area (Å²) in [7, 11) is 0. The van der Waals surface area contributed by atoms with Gasteiger partial charge in [0.2, 0.25) is 0 Å². The molecule has 0 saturated heterocycles. The Balaban J connectivity index is 3.13. The summed E-state index contributed by atoms with van der Waals surface area (Å²) < 4.78 is 0. The molecule has 0 aliphatic carbocycles. The van der Waals surface area contributed by atoms with Gasteiger partial charge in [-0.15, -0.1) is 0 Å². The van der Waals surface area contributed by atoms with Crippen molar-refractivity contribution in [2.75, 3.05) is 0 Å². The van der Waals surface area contributed by atoms with Gasteiger partial charge in [0.1, 0.15) is 5.44 Å². The zero-order valence-electron chi connectivity index (χ0n) is 4.43. The second kappa shape index (κ2) is 3.04. The Morgan fingerprint density at radius 1 is 1.86 bits per heavy atom. The highest BCUT2D eigenvalue weighted by Crippen LogP contribution is 2.06. The molecule has 0 aromatic heterocycles. The van der Waals surface area contributed by atoms with E-state index in [1.54, 1.807) is 13.8 Å².